The first kappa shape index (κ1) is 21.9. The maximum Gasteiger partial charge on any atom is 0.416 e. The van der Waals surface area contributed by atoms with Crippen molar-refractivity contribution >= 4 is 21.5 Å². The van der Waals surface area contributed by atoms with Crippen molar-refractivity contribution in [1.29, 1.82) is 0 Å². The summed E-state index contributed by atoms with van der Waals surface area (Å²) in [6.07, 6.45) is 3.41. The number of aromatic nitrogens is 1. The number of benzene rings is 1. The summed E-state index contributed by atoms with van der Waals surface area (Å²) in [6, 6.07) is 7.60. The Balaban J connectivity index is 1.59. The Morgan fingerprint density at radius 1 is 1.12 bits per heavy atom. The highest BCUT2D eigenvalue weighted by Crippen LogP contribution is 2.30. The van der Waals surface area contributed by atoms with Crippen molar-refractivity contribution in [2.24, 2.45) is 5.14 Å². The smallest absolute Gasteiger partial charge is 0.372 e. The fraction of sp³-hybridized carbons (Fsp3) is 0.150. The second-order valence-electron chi connectivity index (χ2n) is 6.99. The lowest BCUT2D eigenvalue weighted by atomic mass is 10.1. The molecule has 0 radical (unpaired) electrons. The summed E-state index contributed by atoms with van der Waals surface area (Å²) in [5, 5.41) is 14.8. The molecule has 4 rings (SSSR count). The molecule has 12 heteroatoms. The van der Waals surface area contributed by atoms with Crippen LogP contribution >= 0.6 is 0 Å². The van der Waals surface area contributed by atoms with Crippen LogP contribution in [0, 0.1) is 0 Å². The zero-order chi connectivity index (χ0) is 22.9. The predicted octanol–water partition coefficient (Wildman–Crippen LogP) is 2.44. The zero-order valence-corrected chi connectivity index (χ0v) is 17.3. The number of alkyl halides is 3. The van der Waals surface area contributed by atoms with Crippen LogP contribution in [0.4, 0.5) is 24.7 Å². The van der Waals surface area contributed by atoms with Crippen molar-refractivity contribution in [3.63, 3.8) is 0 Å². The van der Waals surface area contributed by atoms with Crippen LogP contribution in [-0.4, -0.2) is 26.2 Å². The topological polar surface area (TPSA) is 112 Å². The second-order valence-corrected chi connectivity index (χ2v) is 8.52. The van der Waals surface area contributed by atoms with Gasteiger partial charge in [-0.25, -0.2) is 18.5 Å². The number of nitrogens with zero attached hydrogens (tertiary/aromatic N) is 2. The Bertz CT molecular complexity index is 1210. The van der Waals surface area contributed by atoms with E-state index in [-0.39, 0.29) is 10.7 Å². The molecule has 8 nitrogen and oxygen atoms in total. The molecular weight excluding hydrogens is 445 g/mol. The Hall–Kier alpha value is -3.35. The lowest BCUT2D eigenvalue weighted by molar-refractivity contribution is -0.137. The van der Waals surface area contributed by atoms with Crippen LogP contribution in [0.15, 0.2) is 83.3 Å². The van der Waals surface area contributed by atoms with Crippen LogP contribution in [0.25, 0.3) is 0 Å². The molecule has 5 N–H and O–H groups in total. The number of hydrogen-bond donors (Lipinski definition) is 4. The maximum absolute atomic E-state index is 12.8. The van der Waals surface area contributed by atoms with Gasteiger partial charge in [-0.05, 0) is 48.6 Å². The number of anilines is 2. The summed E-state index contributed by atoms with van der Waals surface area (Å²) in [5.41, 5.74) is 1.29. The third-order valence-electron chi connectivity index (χ3n) is 4.85. The number of allylic oxidation sites excluding steroid dienone is 1. The van der Waals surface area contributed by atoms with E-state index in [1.807, 2.05) is 0 Å². The summed E-state index contributed by atoms with van der Waals surface area (Å²) >= 11 is 0. The molecule has 168 valence electrons. The fourth-order valence-corrected chi connectivity index (χ4v) is 3.99. The summed E-state index contributed by atoms with van der Waals surface area (Å²) < 4.78 is 62.3. The van der Waals surface area contributed by atoms with E-state index in [2.05, 4.69) is 20.9 Å². The summed E-state index contributed by atoms with van der Waals surface area (Å²) in [4.78, 5) is 5.54. The van der Waals surface area contributed by atoms with Crippen LogP contribution < -0.4 is 26.0 Å². The average molecular weight is 464 g/mol. The summed E-state index contributed by atoms with van der Waals surface area (Å²) in [5.74, 6) is 0.141. The van der Waals surface area contributed by atoms with Crippen molar-refractivity contribution in [2.45, 2.75) is 17.2 Å². The van der Waals surface area contributed by atoms with Gasteiger partial charge in [-0.2, -0.15) is 13.2 Å². The van der Waals surface area contributed by atoms with Crippen molar-refractivity contribution < 1.29 is 21.6 Å². The van der Waals surface area contributed by atoms with Crippen LogP contribution in [0.2, 0.25) is 0 Å². The van der Waals surface area contributed by atoms with Crippen molar-refractivity contribution in [3.05, 3.63) is 84.0 Å². The Labute approximate surface area is 182 Å². The van der Waals surface area contributed by atoms with E-state index >= 15 is 0 Å². The molecule has 2 aliphatic rings. The van der Waals surface area contributed by atoms with Crippen LogP contribution in [0.5, 0.6) is 0 Å². The molecule has 0 bridgehead atoms. The third kappa shape index (κ3) is 4.61. The molecule has 0 amide bonds. The summed E-state index contributed by atoms with van der Waals surface area (Å²) in [7, 11) is -3.99. The van der Waals surface area contributed by atoms with Gasteiger partial charge < -0.3 is 15.5 Å². The Morgan fingerprint density at radius 2 is 1.84 bits per heavy atom. The molecule has 3 heterocycles. The molecule has 32 heavy (non-hydrogen) atoms. The number of nitrogens with two attached hydrogens (primary N) is 1. The normalized spacial score (nSPS) is 18.8. The molecule has 1 atom stereocenters. The quantitative estimate of drug-likeness (QED) is 0.550. The van der Waals surface area contributed by atoms with Gasteiger partial charge in [0.2, 0.25) is 10.0 Å². The van der Waals surface area contributed by atoms with Crippen LogP contribution in [0.1, 0.15) is 5.56 Å². The van der Waals surface area contributed by atoms with Crippen molar-refractivity contribution in [1.82, 2.24) is 15.6 Å². The van der Waals surface area contributed by atoms with Gasteiger partial charge in [0.15, 0.2) is 5.82 Å². The minimum absolute atomic E-state index is 0.125. The highest BCUT2D eigenvalue weighted by atomic mass is 32.2. The van der Waals surface area contributed by atoms with Gasteiger partial charge in [0, 0.05) is 35.6 Å². The monoisotopic (exact) mass is 464 g/mol. The van der Waals surface area contributed by atoms with Crippen molar-refractivity contribution in [3.8, 4) is 0 Å². The van der Waals surface area contributed by atoms with Gasteiger partial charge in [0.25, 0.3) is 0 Å². The van der Waals surface area contributed by atoms with E-state index in [1.54, 1.807) is 24.6 Å². The molecule has 2 aliphatic heterocycles. The number of hydrogen-bond acceptors (Lipinski definition) is 7. The highest BCUT2D eigenvalue weighted by Gasteiger charge is 2.30. The first-order chi connectivity index (χ1) is 15.1. The maximum atomic E-state index is 12.8. The lowest BCUT2D eigenvalue weighted by Crippen LogP contribution is -2.47. The molecular formula is C20H19F3N6O2S. The fourth-order valence-electron chi connectivity index (χ4n) is 3.31. The number of halogens is 3. The minimum Gasteiger partial charge on any atom is -0.372 e. The number of pyridine rings is 1. The largest absolute Gasteiger partial charge is 0.416 e. The molecule has 1 aromatic heterocycles. The van der Waals surface area contributed by atoms with Crippen LogP contribution in [0.3, 0.4) is 0 Å². The Kier molecular flexibility index (Phi) is 5.67. The van der Waals surface area contributed by atoms with E-state index in [0.717, 1.165) is 23.4 Å². The minimum atomic E-state index is -4.40. The standard InChI is InChI=1S/C20H19F3N6O2S/c21-20(22,23)13-3-5-14(6-4-13)28-18-15-7-10-29(11-8-16(15)26-12-27-18)19-17(32(24,30)31)2-1-9-25-19/h1-11,18,26-28H,12H2,(H2,24,30,31). The van der Waals surface area contributed by atoms with Crippen LogP contribution in [-0.2, 0) is 16.2 Å². The van der Waals surface area contributed by atoms with E-state index in [4.69, 9.17) is 5.14 Å². The van der Waals surface area contributed by atoms with Crippen molar-refractivity contribution in [2.75, 3.05) is 16.9 Å². The van der Waals surface area contributed by atoms with E-state index in [1.165, 1.54) is 35.4 Å². The Morgan fingerprint density at radius 3 is 2.53 bits per heavy atom. The average Bonchev–Trinajstić information content (AvgIpc) is 2.96. The third-order valence-corrected chi connectivity index (χ3v) is 5.78. The van der Waals surface area contributed by atoms with Gasteiger partial charge in [0.05, 0.1) is 12.2 Å². The number of primary sulfonamides is 1. The van der Waals surface area contributed by atoms with Gasteiger partial charge >= 0.3 is 6.18 Å². The molecule has 1 unspecified atom stereocenters. The van der Waals surface area contributed by atoms with Gasteiger partial charge in [-0.1, -0.05) is 0 Å². The molecule has 2 aromatic rings. The van der Waals surface area contributed by atoms with E-state index < -0.39 is 27.9 Å². The van der Waals surface area contributed by atoms with Gasteiger partial charge in [0.1, 0.15) is 11.1 Å². The molecule has 0 saturated carbocycles. The lowest BCUT2D eigenvalue weighted by Gasteiger charge is -2.29. The first-order valence-corrected chi connectivity index (χ1v) is 11.0. The van der Waals surface area contributed by atoms with Gasteiger partial charge in [-0.3, -0.25) is 5.32 Å². The highest BCUT2D eigenvalue weighted by molar-refractivity contribution is 7.89. The summed E-state index contributed by atoms with van der Waals surface area (Å²) in [6.45, 7) is 0.404. The number of nitrogens with one attached hydrogen (secondary N) is 3. The second kappa shape index (κ2) is 8.30. The SMILES string of the molecule is NS(=O)(=O)c1cccnc1N1C=CC2=C(C=C1)C(Nc1ccc(C(F)(F)F)cc1)NCN2. The zero-order valence-electron chi connectivity index (χ0n) is 16.5. The molecule has 0 spiro atoms. The molecule has 0 saturated heterocycles. The molecule has 0 aliphatic carbocycles. The number of rotatable bonds is 4. The number of sulfonamides is 1. The first-order valence-electron chi connectivity index (χ1n) is 9.41. The molecule has 1 aromatic carbocycles. The predicted molar refractivity (Wildman–Crippen MR) is 113 cm³/mol. The van der Waals surface area contributed by atoms with Gasteiger partial charge in [-0.15, -0.1) is 0 Å². The molecule has 0 fully saturated rings. The van der Waals surface area contributed by atoms with E-state index in [0.29, 0.717) is 12.4 Å². The van der Waals surface area contributed by atoms with E-state index in [9.17, 15) is 21.6 Å².